The summed E-state index contributed by atoms with van der Waals surface area (Å²) in [6.07, 6.45) is 1.87. The molecule has 2 rings (SSSR count). The van der Waals surface area contributed by atoms with Gasteiger partial charge in [0, 0.05) is 0 Å². The molecule has 0 fully saturated rings. The molecular formula is C12H14O3. The Morgan fingerprint density at radius 3 is 3.20 bits per heavy atom. The lowest BCUT2D eigenvalue weighted by Gasteiger charge is -2.25. The van der Waals surface area contributed by atoms with E-state index in [1.165, 1.54) is 5.56 Å². The van der Waals surface area contributed by atoms with Gasteiger partial charge in [0.2, 0.25) is 0 Å². The molecule has 1 unspecified atom stereocenters. The average molecular weight is 206 g/mol. The van der Waals surface area contributed by atoms with E-state index >= 15 is 0 Å². The number of hydrogen-bond donors (Lipinski definition) is 0. The molecule has 0 amide bonds. The van der Waals surface area contributed by atoms with Crippen molar-refractivity contribution in [1.82, 2.24) is 0 Å². The summed E-state index contributed by atoms with van der Waals surface area (Å²) in [6.45, 7) is 1.75. The Kier molecular flexibility index (Phi) is 3.22. The quantitative estimate of drug-likeness (QED) is 0.559. The van der Waals surface area contributed by atoms with Crippen molar-refractivity contribution < 1.29 is 14.3 Å². The van der Waals surface area contributed by atoms with Gasteiger partial charge in [0.25, 0.3) is 6.47 Å². The molecule has 1 atom stereocenters. The van der Waals surface area contributed by atoms with Crippen molar-refractivity contribution in [3.63, 3.8) is 0 Å². The first kappa shape index (κ1) is 10.0. The van der Waals surface area contributed by atoms with E-state index in [4.69, 9.17) is 9.47 Å². The lowest BCUT2D eigenvalue weighted by atomic mass is 9.91. The Labute approximate surface area is 89.0 Å². The maximum atomic E-state index is 10.0. The van der Waals surface area contributed by atoms with Crippen LogP contribution in [0.25, 0.3) is 0 Å². The van der Waals surface area contributed by atoms with E-state index in [1.54, 1.807) is 0 Å². The minimum Gasteiger partial charge on any atom is -0.493 e. The van der Waals surface area contributed by atoms with Crippen molar-refractivity contribution in [3.05, 3.63) is 29.8 Å². The van der Waals surface area contributed by atoms with Crippen molar-refractivity contribution in [3.8, 4) is 5.75 Å². The van der Waals surface area contributed by atoms with E-state index in [-0.39, 0.29) is 0 Å². The second kappa shape index (κ2) is 4.82. The van der Waals surface area contributed by atoms with E-state index in [0.717, 1.165) is 25.2 Å². The highest BCUT2D eigenvalue weighted by Crippen LogP contribution is 2.35. The molecule has 3 nitrogen and oxygen atoms in total. The van der Waals surface area contributed by atoms with Crippen LogP contribution in [0.3, 0.4) is 0 Å². The number of benzene rings is 1. The molecule has 1 aromatic carbocycles. The van der Waals surface area contributed by atoms with Crippen molar-refractivity contribution in [2.24, 2.45) is 0 Å². The third-order valence-electron chi connectivity index (χ3n) is 2.73. The summed E-state index contributed by atoms with van der Waals surface area (Å²) in [5.41, 5.74) is 1.23. The SMILES string of the molecule is O=COCCC1CCOc2ccccc21. The molecule has 0 saturated carbocycles. The highest BCUT2D eigenvalue weighted by atomic mass is 16.5. The van der Waals surface area contributed by atoms with Gasteiger partial charge in [-0.1, -0.05) is 18.2 Å². The van der Waals surface area contributed by atoms with Gasteiger partial charge in [0.1, 0.15) is 5.75 Å². The highest BCUT2D eigenvalue weighted by molar-refractivity contribution is 5.38. The predicted molar refractivity (Wildman–Crippen MR) is 55.9 cm³/mol. The lowest BCUT2D eigenvalue weighted by molar-refractivity contribution is -0.128. The van der Waals surface area contributed by atoms with Crippen LogP contribution in [0.4, 0.5) is 0 Å². The molecule has 0 radical (unpaired) electrons. The van der Waals surface area contributed by atoms with Crippen LogP contribution in [0.1, 0.15) is 24.3 Å². The van der Waals surface area contributed by atoms with Crippen LogP contribution >= 0.6 is 0 Å². The van der Waals surface area contributed by atoms with Gasteiger partial charge >= 0.3 is 0 Å². The number of fused-ring (bicyclic) bond motifs is 1. The summed E-state index contributed by atoms with van der Waals surface area (Å²) < 4.78 is 10.3. The highest BCUT2D eigenvalue weighted by Gasteiger charge is 2.20. The third kappa shape index (κ3) is 2.29. The van der Waals surface area contributed by atoms with Gasteiger partial charge in [0.05, 0.1) is 13.2 Å². The van der Waals surface area contributed by atoms with E-state index in [0.29, 0.717) is 19.0 Å². The van der Waals surface area contributed by atoms with E-state index in [2.05, 4.69) is 6.07 Å². The summed E-state index contributed by atoms with van der Waals surface area (Å²) in [7, 11) is 0. The largest absolute Gasteiger partial charge is 0.493 e. The minimum atomic E-state index is 0.454. The standard InChI is InChI=1S/C12H14O3/c13-9-14-7-5-10-6-8-15-12-4-2-1-3-11(10)12/h1-4,9-10H,5-8H2. The molecule has 0 aliphatic carbocycles. The van der Waals surface area contributed by atoms with Crippen molar-refractivity contribution in [2.75, 3.05) is 13.2 Å². The molecule has 1 heterocycles. The Bertz CT molecular complexity index is 335. The summed E-state index contributed by atoms with van der Waals surface area (Å²) in [5.74, 6) is 1.43. The zero-order chi connectivity index (χ0) is 10.5. The third-order valence-corrected chi connectivity index (χ3v) is 2.73. The van der Waals surface area contributed by atoms with Gasteiger partial charge in [-0.25, -0.2) is 0 Å². The molecule has 1 aliphatic rings. The summed E-state index contributed by atoms with van der Waals surface area (Å²) in [5, 5.41) is 0. The molecule has 0 aromatic heterocycles. The fourth-order valence-corrected chi connectivity index (χ4v) is 1.97. The van der Waals surface area contributed by atoms with Crippen LogP contribution in [-0.4, -0.2) is 19.7 Å². The Morgan fingerprint density at radius 1 is 1.47 bits per heavy atom. The van der Waals surface area contributed by atoms with Gasteiger partial charge in [0.15, 0.2) is 0 Å². The maximum Gasteiger partial charge on any atom is 0.293 e. The molecule has 1 aromatic rings. The Hall–Kier alpha value is -1.51. The summed E-state index contributed by atoms with van der Waals surface area (Å²) in [4.78, 5) is 10.0. The monoisotopic (exact) mass is 206 g/mol. The molecule has 0 spiro atoms. The zero-order valence-corrected chi connectivity index (χ0v) is 8.52. The molecule has 3 heteroatoms. The number of para-hydroxylation sites is 1. The zero-order valence-electron chi connectivity index (χ0n) is 8.52. The van der Waals surface area contributed by atoms with Gasteiger partial charge in [-0.3, -0.25) is 4.79 Å². The number of hydrogen-bond acceptors (Lipinski definition) is 3. The van der Waals surface area contributed by atoms with Crippen LogP contribution in [0.15, 0.2) is 24.3 Å². The molecule has 0 bridgehead atoms. The molecule has 0 saturated heterocycles. The van der Waals surface area contributed by atoms with Gasteiger partial charge < -0.3 is 9.47 Å². The van der Waals surface area contributed by atoms with Crippen molar-refractivity contribution in [1.29, 1.82) is 0 Å². The minimum absolute atomic E-state index is 0.454. The van der Waals surface area contributed by atoms with E-state index in [9.17, 15) is 4.79 Å². The lowest BCUT2D eigenvalue weighted by Crippen LogP contribution is -2.15. The van der Waals surface area contributed by atoms with Crippen LogP contribution in [0, 0.1) is 0 Å². The first-order valence-electron chi connectivity index (χ1n) is 5.19. The number of carbonyl (C=O) groups excluding carboxylic acids is 1. The normalized spacial score (nSPS) is 18.8. The molecule has 15 heavy (non-hydrogen) atoms. The topological polar surface area (TPSA) is 35.5 Å². The van der Waals surface area contributed by atoms with Crippen LogP contribution in [-0.2, 0) is 9.53 Å². The molecule has 1 aliphatic heterocycles. The second-order valence-corrected chi connectivity index (χ2v) is 3.63. The first-order valence-corrected chi connectivity index (χ1v) is 5.19. The molecular weight excluding hydrogens is 192 g/mol. The van der Waals surface area contributed by atoms with Crippen LogP contribution in [0.5, 0.6) is 5.75 Å². The number of carbonyl (C=O) groups is 1. The fourth-order valence-electron chi connectivity index (χ4n) is 1.97. The van der Waals surface area contributed by atoms with Gasteiger partial charge in [-0.15, -0.1) is 0 Å². The van der Waals surface area contributed by atoms with E-state index < -0.39 is 0 Å². The smallest absolute Gasteiger partial charge is 0.293 e. The van der Waals surface area contributed by atoms with Crippen molar-refractivity contribution in [2.45, 2.75) is 18.8 Å². The average Bonchev–Trinajstić information content (AvgIpc) is 2.30. The predicted octanol–water partition coefficient (Wildman–Crippen LogP) is 2.12. The molecule has 0 N–H and O–H groups in total. The second-order valence-electron chi connectivity index (χ2n) is 3.63. The van der Waals surface area contributed by atoms with Crippen LogP contribution in [0.2, 0.25) is 0 Å². The van der Waals surface area contributed by atoms with Gasteiger partial charge in [-0.05, 0) is 30.4 Å². The summed E-state index contributed by atoms with van der Waals surface area (Å²) in [6, 6.07) is 8.06. The number of rotatable bonds is 4. The molecule has 80 valence electrons. The van der Waals surface area contributed by atoms with Gasteiger partial charge in [-0.2, -0.15) is 0 Å². The Balaban J connectivity index is 2.05. The van der Waals surface area contributed by atoms with Crippen molar-refractivity contribution >= 4 is 6.47 Å². The Morgan fingerprint density at radius 2 is 2.33 bits per heavy atom. The fraction of sp³-hybridized carbons (Fsp3) is 0.417. The van der Waals surface area contributed by atoms with E-state index in [1.807, 2.05) is 18.2 Å². The summed E-state index contributed by atoms with van der Waals surface area (Å²) >= 11 is 0. The number of ether oxygens (including phenoxy) is 2. The van der Waals surface area contributed by atoms with Crippen LogP contribution < -0.4 is 4.74 Å². The first-order chi connectivity index (χ1) is 7.42. The maximum absolute atomic E-state index is 10.0.